The normalized spacial score (nSPS) is 12.6. The van der Waals surface area contributed by atoms with Crippen LogP contribution < -0.4 is 9.22 Å². The summed E-state index contributed by atoms with van der Waals surface area (Å²) in [7, 11) is 1.69. The van der Waals surface area contributed by atoms with Crippen molar-refractivity contribution in [2.24, 2.45) is 0 Å². The summed E-state index contributed by atoms with van der Waals surface area (Å²) < 4.78 is 13.5. The maximum absolute atomic E-state index is 6.35. The third-order valence-corrected chi connectivity index (χ3v) is 8.14. The van der Waals surface area contributed by atoms with Gasteiger partial charge < -0.3 is 0 Å². The Morgan fingerprint density at radius 1 is 0.968 bits per heavy atom. The molecule has 0 aliphatic carbocycles. The number of ether oxygens (including phenoxy) is 1. The predicted octanol–water partition coefficient (Wildman–Crippen LogP) is 6.28. The average Bonchev–Trinajstić information content (AvgIpc) is 3.20. The van der Waals surface area contributed by atoms with E-state index in [1.54, 1.807) is 13.4 Å². The Balaban J connectivity index is 1.84. The van der Waals surface area contributed by atoms with Crippen LogP contribution in [-0.2, 0) is 0 Å². The van der Waals surface area contributed by atoms with E-state index < -0.39 is 0 Å². The van der Waals surface area contributed by atoms with E-state index in [1.165, 1.54) is 25.7 Å². The van der Waals surface area contributed by atoms with Crippen LogP contribution in [0, 0.1) is 0 Å². The van der Waals surface area contributed by atoms with Crippen molar-refractivity contribution in [1.82, 2.24) is 9.97 Å². The molecular formula is C26H28AsN2O2. The van der Waals surface area contributed by atoms with E-state index >= 15 is 0 Å². The summed E-state index contributed by atoms with van der Waals surface area (Å²) in [5.41, 5.74) is 3.89. The fourth-order valence-electron chi connectivity index (χ4n) is 3.80. The zero-order valence-electron chi connectivity index (χ0n) is 18.3. The Morgan fingerprint density at radius 2 is 1.74 bits per heavy atom. The summed E-state index contributed by atoms with van der Waals surface area (Å²) in [6, 6.07) is 18.4. The van der Waals surface area contributed by atoms with Crippen LogP contribution in [0.4, 0.5) is 0 Å². The fourth-order valence-corrected chi connectivity index (χ4v) is 6.29. The molecule has 0 saturated heterocycles. The summed E-state index contributed by atoms with van der Waals surface area (Å²) >= 11 is -0.0921. The molecule has 5 heteroatoms. The Bertz CT molecular complexity index is 1120. The molecule has 2 aromatic heterocycles. The van der Waals surface area contributed by atoms with Crippen molar-refractivity contribution in [3.63, 3.8) is 0 Å². The van der Waals surface area contributed by atoms with E-state index in [4.69, 9.17) is 14.1 Å². The Kier molecular flexibility index (Phi) is 7.09. The number of hydrogen-bond acceptors (Lipinski definition) is 4. The molecule has 0 saturated carbocycles. The molecule has 0 N–H and O–H groups in total. The van der Waals surface area contributed by atoms with Crippen LogP contribution in [0.15, 0.2) is 65.3 Å². The molecule has 0 aliphatic rings. The Labute approximate surface area is 190 Å². The van der Waals surface area contributed by atoms with Gasteiger partial charge in [-0.3, -0.25) is 0 Å². The van der Waals surface area contributed by atoms with Crippen molar-refractivity contribution < 1.29 is 9.15 Å². The molecule has 0 spiro atoms. The summed E-state index contributed by atoms with van der Waals surface area (Å²) in [6.45, 7) is 4.61. The molecule has 159 valence electrons. The number of aromatic nitrogens is 2. The maximum atomic E-state index is 6.35. The van der Waals surface area contributed by atoms with Gasteiger partial charge in [0.15, 0.2) is 0 Å². The van der Waals surface area contributed by atoms with Crippen LogP contribution in [0.2, 0.25) is 4.71 Å². The van der Waals surface area contributed by atoms with Crippen LogP contribution in [0.25, 0.3) is 33.6 Å². The van der Waals surface area contributed by atoms with E-state index in [9.17, 15) is 0 Å². The number of benzene rings is 2. The van der Waals surface area contributed by atoms with Gasteiger partial charge in [0.25, 0.3) is 0 Å². The van der Waals surface area contributed by atoms with Crippen molar-refractivity contribution in [2.75, 3.05) is 7.11 Å². The summed E-state index contributed by atoms with van der Waals surface area (Å²) in [4.78, 5) is 9.25. The van der Waals surface area contributed by atoms with Crippen LogP contribution in [-0.4, -0.2) is 32.8 Å². The van der Waals surface area contributed by atoms with Crippen LogP contribution >= 0.6 is 0 Å². The SMILES string of the molecule is CCCCCC(C)[As]c1ncnc2oc(-c3ccccc3)c(-c3ccc(OC)cc3)c12. The molecule has 2 heterocycles. The topological polar surface area (TPSA) is 48.2 Å². The second-order valence-electron chi connectivity index (χ2n) is 7.75. The second kappa shape index (κ2) is 10.2. The minimum atomic E-state index is -0.0921. The first-order chi connectivity index (χ1) is 15.2. The van der Waals surface area contributed by atoms with E-state index in [-0.39, 0.29) is 15.8 Å². The molecule has 0 fully saturated rings. The van der Waals surface area contributed by atoms with Crippen molar-refractivity contribution in [2.45, 2.75) is 44.2 Å². The third-order valence-electron chi connectivity index (χ3n) is 5.45. The number of rotatable bonds is 9. The predicted molar refractivity (Wildman–Crippen MR) is 128 cm³/mol. The molecule has 2 aromatic carbocycles. The third kappa shape index (κ3) is 4.85. The summed E-state index contributed by atoms with van der Waals surface area (Å²) in [6.07, 6.45) is 6.74. The van der Waals surface area contributed by atoms with E-state index in [2.05, 4.69) is 43.1 Å². The van der Waals surface area contributed by atoms with Gasteiger partial charge in [0.1, 0.15) is 0 Å². The molecule has 1 unspecified atom stereocenters. The van der Waals surface area contributed by atoms with Gasteiger partial charge in [0, 0.05) is 0 Å². The first-order valence-corrected chi connectivity index (χ1v) is 12.9. The molecule has 4 aromatic rings. The first-order valence-electron chi connectivity index (χ1n) is 10.9. The standard InChI is InChI=1S/C26H28AsN2O2/c1-4-5-7-10-18(2)27-25-23-22(19-13-15-21(30-3)16-14-19)24(20-11-8-6-9-12-20)31-26(23)29-17-28-25/h6,8-9,11-18H,4-5,7,10H2,1-3H3. The molecule has 1 atom stereocenters. The molecule has 0 aliphatic heterocycles. The number of furan rings is 1. The quantitative estimate of drug-likeness (QED) is 0.211. The number of fused-ring (bicyclic) bond motifs is 1. The Hall–Kier alpha value is -2.58. The molecular weight excluding hydrogens is 447 g/mol. The fraction of sp³-hybridized carbons (Fsp3) is 0.308. The summed E-state index contributed by atoms with van der Waals surface area (Å²) in [5.74, 6) is 1.69. The van der Waals surface area contributed by atoms with Gasteiger partial charge in [-0.1, -0.05) is 0 Å². The van der Waals surface area contributed by atoms with Gasteiger partial charge in [-0.25, -0.2) is 0 Å². The van der Waals surface area contributed by atoms with Crippen LogP contribution in [0.5, 0.6) is 5.75 Å². The van der Waals surface area contributed by atoms with E-state index in [0.29, 0.717) is 10.4 Å². The van der Waals surface area contributed by atoms with Crippen molar-refractivity contribution >= 4 is 31.3 Å². The first kappa shape index (κ1) is 21.6. The number of unbranched alkanes of at least 4 members (excludes halogenated alkanes) is 2. The molecule has 0 amide bonds. The molecule has 4 rings (SSSR count). The average molecular weight is 475 g/mol. The number of hydrogen-bond donors (Lipinski definition) is 0. The molecule has 0 bridgehead atoms. The van der Waals surface area contributed by atoms with E-state index in [0.717, 1.165) is 38.1 Å². The van der Waals surface area contributed by atoms with E-state index in [1.807, 2.05) is 30.3 Å². The number of nitrogens with zero attached hydrogens (tertiary/aromatic N) is 2. The van der Waals surface area contributed by atoms with Crippen LogP contribution in [0.3, 0.4) is 0 Å². The molecule has 4 nitrogen and oxygen atoms in total. The Morgan fingerprint density at radius 3 is 2.45 bits per heavy atom. The number of methoxy groups -OCH3 is 1. The molecule has 31 heavy (non-hydrogen) atoms. The van der Waals surface area contributed by atoms with Gasteiger partial charge in [-0.05, 0) is 0 Å². The monoisotopic (exact) mass is 475 g/mol. The zero-order chi connectivity index (χ0) is 21.6. The minimum absolute atomic E-state index is 0.0921. The van der Waals surface area contributed by atoms with Gasteiger partial charge in [-0.2, -0.15) is 0 Å². The van der Waals surface area contributed by atoms with Gasteiger partial charge in [0.05, 0.1) is 0 Å². The molecule has 1 radical (unpaired) electrons. The van der Waals surface area contributed by atoms with Crippen LogP contribution in [0.1, 0.15) is 39.5 Å². The van der Waals surface area contributed by atoms with Gasteiger partial charge in [-0.15, -0.1) is 0 Å². The van der Waals surface area contributed by atoms with Gasteiger partial charge in [0.2, 0.25) is 0 Å². The summed E-state index contributed by atoms with van der Waals surface area (Å²) in [5, 5.41) is 1.06. The van der Waals surface area contributed by atoms with Gasteiger partial charge >= 0.3 is 191 Å². The van der Waals surface area contributed by atoms with Crippen molar-refractivity contribution in [3.05, 3.63) is 60.9 Å². The van der Waals surface area contributed by atoms with Crippen molar-refractivity contribution in [1.29, 1.82) is 0 Å². The van der Waals surface area contributed by atoms with Crippen molar-refractivity contribution in [3.8, 4) is 28.2 Å². The zero-order valence-corrected chi connectivity index (χ0v) is 20.2. The second-order valence-corrected chi connectivity index (χ2v) is 11.0.